The number of hydrogen-bond acceptors (Lipinski definition) is 1. The minimum atomic E-state index is -0.171. The van der Waals surface area contributed by atoms with Crippen molar-refractivity contribution in [1.29, 1.82) is 0 Å². The summed E-state index contributed by atoms with van der Waals surface area (Å²) in [5.41, 5.74) is 25.9. The molecule has 1 heteroatoms. The molecule has 0 atom stereocenters. The van der Waals surface area contributed by atoms with E-state index in [-0.39, 0.29) is 16.7 Å². The Balaban J connectivity index is 0.912. The van der Waals surface area contributed by atoms with Gasteiger partial charge in [0.2, 0.25) is 0 Å². The third-order valence-corrected chi connectivity index (χ3v) is 15.4. The summed E-state index contributed by atoms with van der Waals surface area (Å²) in [5, 5.41) is 2.29. The van der Waals surface area contributed by atoms with Crippen molar-refractivity contribution in [2.45, 2.75) is 44.4 Å². The normalized spacial score (nSPS) is 14.0. The molecule has 1 nitrogen and oxygen atoms in total. The topological polar surface area (TPSA) is 13.1 Å². The van der Waals surface area contributed by atoms with Crippen molar-refractivity contribution < 1.29 is 4.42 Å². The van der Waals surface area contributed by atoms with E-state index in [0.29, 0.717) is 0 Å². The first-order valence-electron chi connectivity index (χ1n) is 24.0. The quantitative estimate of drug-likeness (QED) is 0.145. The number of fused-ring (bicyclic) bond motifs is 9. The van der Waals surface area contributed by atoms with Crippen LogP contribution in [0.5, 0.6) is 0 Å². The van der Waals surface area contributed by atoms with E-state index in [1.165, 1.54) is 94.6 Å². The van der Waals surface area contributed by atoms with Crippen LogP contribution in [0.15, 0.2) is 229 Å². The predicted octanol–water partition coefficient (Wildman–Crippen LogP) is 18.0. The zero-order chi connectivity index (χ0) is 45.7. The second kappa shape index (κ2) is 15.3. The van der Waals surface area contributed by atoms with Gasteiger partial charge in [0.05, 0.1) is 0 Å². The molecule has 2 aliphatic carbocycles. The lowest BCUT2D eigenvalue weighted by atomic mass is 9.77. The first kappa shape index (κ1) is 40.3. The van der Waals surface area contributed by atoms with Gasteiger partial charge in [0.25, 0.3) is 0 Å². The fourth-order valence-corrected chi connectivity index (χ4v) is 11.8. The highest BCUT2D eigenvalue weighted by Gasteiger charge is 2.38. The molecule has 0 unspecified atom stereocenters. The molecule has 0 fully saturated rings. The molecule has 0 spiro atoms. The van der Waals surface area contributed by atoms with Gasteiger partial charge in [-0.2, -0.15) is 0 Å². The van der Waals surface area contributed by atoms with Crippen LogP contribution in [-0.2, 0) is 10.8 Å². The van der Waals surface area contributed by atoms with Crippen LogP contribution in [0, 0.1) is 0 Å². The molecule has 0 saturated carbocycles. The summed E-state index contributed by atoms with van der Waals surface area (Å²) in [4.78, 5) is 0. The molecule has 0 aliphatic heterocycles. The first-order chi connectivity index (χ1) is 33.2. The Hall–Kier alpha value is -8.00. The van der Waals surface area contributed by atoms with E-state index in [2.05, 4.69) is 246 Å². The van der Waals surface area contributed by atoms with Gasteiger partial charge in [-0.25, -0.2) is 0 Å². The Labute approximate surface area is 399 Å². The Morgan fingerprint density at radius 2 is 0.706 bits per heavy atom. The number of para-hydroxylation sites is 2. The minimum Gasteiger partial charge on any atom is -0.455 e. The lowest BCUT2D eigenvalue weighted by molar-refractivity contribution is 0.657. The Morgan fingerprint density at radius 3 is 1.29 bits per heavy atom. The monoisotopic (exact) mass is 870 g/mol. The number of furan rings is 1. The summed E-state index contributed by atoms with van der Waals surface area (Å²) in [6.07, 6.45) is 0. The minimum absolute atomic E-state index is 0.00968. The van der Waals surface area contributed by atoms with Gasteiger partial charge in [-0.05, 0) is 124 Å². The fraction of sp³-hybridized carbons (Fsp3) is 0.104. The molecule has 13 rings (SSSR count). The Morgan fingerprint density at radius 1 is 0.294 bits per heavy atom. The average molecular weight is 871 g/mol. The van der Waals surface area contributed by atoms with Gasteiger partial charge in [-0.15, -0.1) is 0 Å². The smallest absolute Gasteiger partial charge is 0.143 e. The van der Waals surface area contributed by atoms with E-state index in [4.69, 9.17) is 4.42 Å². The van der Waals surface area contributed by atoms with Crippen molar-refractivity contribution in [2.75, 3.05) is 0 Å². The lowest BCUT2D eigenvalue weighted by Gasteiger charge is -2.26. The molecule has 10 aromatic carbocycles. The van der Waals surface area contributed by atoms with Crippen LogP contribution >= 0.6 is 0 Å². The van der Waals surface area contributed by atoms with Gasteiger partial charge < -0.3 is 4.42 Å². The molecule has 2 aliphatic rings. The van der Waals surface area contributed by atoms with E-state index in [1.54, 1.807) is 0 Å². The zero-order valence-electron chi connectivity index (χ0n) is 38.8. The maximum atomic E-state index is 6.47. The Bertz CT molecular complexity index is 3620. The van der Waals surface area contributed by atoms with Gasteiger partial charge >= 0.3 is 0 Å². The number of hydrogen-bond donors (Lipinski definition) is 0. The average Bonchev–Trinajstić information content (AvgIpc) is 3.96. The number of rotatable bonds is 7. The lowest BCUT2D eigenvalue weighted by Crippen LogP contribution is -2.17. The molecule has 0 bridgehead atoms. The maximum absolute atomic E-state index is 6.47. The van der Waals surface area contributed by atoms with Crippen molar-refractivity contribution in [3.05, 3.63) is 263 Å². The van der Waals surface area contributed by atoms with Crippen molar-refractivity contribution in [3.8, 4) is 66.8 Å². The van der Waals surface area contributed by atoms with Gasteiger partial charge in [0.1, 0.15) is 11.2 Å². The summed E-state index contributed by atoms with van der Waals surface area (Å²) in [6.45, 7) is 9.62. The van der Waals surface area contributed by atoms with E-state index in [9.17, 15) is 0 Å². The summed E-state index contributed by atoms with van der Waals surface area (Å²) in [7, 11) is 0. The summed E-state index contributed by atoms with van der Waals surface area (Å²) in [6, 6.07) is 83.4. The summed E-state index contributed by atoms with van der Waals surface area (Å²) < 4.78 is 6.47. The van der Waals surface area contributed by atoms with Crippen molar-refractivity contribution in [1.82, 2.24) is 0 Å². The first-order valence-corrected chi connectivity index (χ1v) is 24.0. The van der Waals surface area contributed by atoms with Crippen LogP contribution in [0.1, 0.15) is 72.6 Å². The molecule has 68 heavy (non-hydrogen) atoms. The molecule has 324 valence electrons. The second-order valence-electron chi connectivity index (χ2n) is 20.0. The fourth-order valence-electron chi connectivity index (χ4n) is 11.8. The Kier molecular flexibility index (Phi) is 9.05. The van der Waals surface area contributed by atoms with E-state index >= 15 is 0 Å². The molecule has 0 saturated heterocycles. The third kappa shape index (κ3) is 6.30. The van der Waals surface area contributed by atoms with Gasteiger partial charge in [-0.3, -0.25) is 0 Å². The maximum Gasteiger partial charge on any atom is 0.143 e. The molecular weight excluding hydrogens is 821 g/mol. The molecule has 1 heterocycles. The van der Waals surface area contributed by atoms with E-state index in [1.807, 2.05) is 6.07 Å². The SMILES string of the molecule is CC1(C)c2cc(-c3ccccc3)ccc2-c2ccc(C(c3ccc(-c4cccc(-c5cccc6c5oc5ccccc56)c4)cc3)c3ccc4c(c3)C(C)(C)c3cc(-c5ccccc5)ccc3-4)cc21. The highest BCUT2D eigenvalue weighted by atomic mass is 16.3. The van der Waals surface area contributed by atoms with Crippen molar-refractivity contribution >= 4 is 21.9 Å². The van der Waals surface area contributed by atoms with Gasteiger partial charge in [0.15, 0.2) is 0 Å². The molecular formula is C67H50O. The van der Waals surface area contributed by atoms with Crippen LogP contribution in [0.4, 0.5) is 0 Å². The summed E-state index contributed by atoms with van der Waals surface area (Å²) >= 11 is 0. The van der Waals surface area contributed by atoms with Crippen LogP contribution in [0.25, 0.3) is 88.7 Å². The van der Waals surface area contributed by atoms with Gasteiger partial charge in [0, 0.05) is 33.1 Å². The standard InChI is InChI=1S/C67H50O/c1-66(2)59-38-47(42-15-7-5-8-16-42)29-33-53(59)55-35-31-50(40-61(55)66)64(51-32-36-56-54-34-30-48(43-17-9-6-10-18-43)39-60(54)67(3,4)62(56)41-51)45-27-25-44(26-28-45)46-19-13-20-49(37-46)52-22-14-23-58-57-21-11-12-24-63(57)68-65(52)58/h5-41,64H,1-4H3. The van der Waals surface area contributed by atoms with Crippen LogP contribution in [-0.4, -0.2) is 0 Å². The molecule has 1 aromatic heterocycles. The highest BCUT2D eigenvalue weighted by molar-refractivity contribution is 6.09. The highest BCUT2D eigenvalue weighted by Crippen LogP contribution is 2.53. The largest absolute Gasteiger partial charge is 0.455 e. The van der Waals surface area contributed by atoms with Crippen molar-refractivity contribution in [3.63, 3.8) is 0 Å². The molecule has 0 amide bonds. The van der Waals surface area contributed by atoms with Crippen molar-refractivity contribution in [2.24, 2.45) is 0 Å². The van der Waals surface area contributed by atoms with E-state index < -0.39 is 0 Å². The zero-order valence-corrected chi connectivity index (χ0v) is 38.8. The molecule has 0 radical (unpaired) electrons. The van der Waals surface area contributed by atoms with Gasteiger partial charge in [-0.1, -0.05) is 228 Å². The summed E-state index contributed by atoms with van der Waals surface area (Å²) in [5.74, 6) is 0.00968. The predicted molar refractivity (Wildman–Crippen MR) is 284 cm³/mol. The van der Waals surface area contributed by atoms with Crippen LogP contribution < -0.4 is 0 Å². The number of benzene rings is 10. The second-order valence-corrected chi connectivity index (χ2v) is 20.0. The van der Waals surface area contributed by atoms with Crippen LogP contribution in [0.3, 0.4) is 0 Å². The molecule has 11 aromatic rings. The third-order valence-electron chi connectivity index (χ3n) is 15.4. The van der Waals surface area contributed by atoms with E-state index in [0.717, 1.165) is 33.1 Å². The van der Waals surface area contributed by atoms with Crippen LogP contribution in [0.2, 0.25) is 0 Å². The molecule has 0 N–H and O–H groups in total.